The van der Waals surface area contributed by atoms with Gasteiger partial charge in [-0.15, -0.1) is 0 Å². The van der Waals surface area contributed by atoms with Crippen molar-refractivity contribution < 1.29 is 9.53 Å². The number of ether oxygens (including phenoxy) is 1. The summed E-state index contributed by atoms with van der Waals surface area (Å²) in [7, 11) is 0. The van der Waals surface area contributed by atoms with Crippen LogP contribution in [0.25, 0.3) is 5.52 Å². The number of ketones is 1. The fraction of sp³-hybridized carbons (Fsp3) is 0.133. The van der Waals surface area contributed by atoms with Gasteiger partial charge in [0.2, 0.25) is 0 Å². The first-order chi connectivity index (χ1) is 9.79. The number of pyridine rings is 2. The SMILES string of the molecule is CCOc1cncc(C(=O)c2cnn3ccccc23)c1. The maximum atomic E-state index is 12.5. The van der Waals surface area contributed by atoms with Gasteiger partial charge in [-0.3, -0.25) is 9.78 Å². The summed E-state index contributed by atoms with van der Waals surface area (Å²) in [5, 5.41) is 4.17. The molecule has 0 saturated carbocycles. The molecule has 100 valence electrons. The molecule has 20 heavy (non-hydrogen) atoms. The molecule has 0 saturated heterocycles. The van der Waals surface area contributed by atoms with Gasteiger partial charge in [0.1, 0.15) is 5.75 Å². The predicted molar refractivity (Wildman–Crippen MR) is 74.0 cm³/mol. The highest BCUT2D eigenvalue weighted by molar-refractivity contribution is 6.12. The lowest BCUT2D eigenvalue weighted by Crippen LogP contribution is -2.03. The van der Waals surface area contributed by atoms with E-state index >= 15 is 0 Å². The lowest BCUT2D eigenvalue weighted by atomic mass is 10.1. The average molecular weight is 267 g/mol. The van der Waals surface area contributed by atoms with E-state index in [1.54, 1.807) is 29.2 Å². The molecule has 5 nitrogen and oxygen atoms in total. The molecule has 0 unspecified atom stereocenters. The second-order valence-corrected chi connectivity index (χ2v) is 4.26. The summed E-state index contributed by atoms with van der Waals surface area (Å²) in [5.74, 6) is 0.482. The predicted octanol–water partition coefficient (Wildman–Crippen LogP) is 2.36. The summed E-state index contributed by atoms with van der Waals surface area (Å²) in [6.45, 7) is 2.43. The van der Waals surface area contributed by atoms with Crippen molar-refractivity contribution >= 4 is 11.3 Å². The Morgan fingerprint density at radius 3 is 3.05 bits per heavy atom. The van der Waals surface area contributed by atoms with Gasteiger partial charge in [-0.2, -0.15) is 5.10 Å². The van der Waals surface area contributed by atoms with Crippen LogP contribution in [0, 0.1) is 0 Å². The number of carbonyl (C=O) groups excluding carboxylic acids is 1. The largest absolute Gasteiger partial charge is 0.492 e. The van der Waals surface area contributed by atoms with Gasteiger partial charge in [0, 0.05) is 18.0 Å². The number of rotatable bonds is 4. The van der Waals surface area contributed by atoms with Crippen LogP contribution in [0.2, 0.25) is 0 Å². The molecule has 0 aliphatic carbocycles. The smallest absolute Gasteiger partial charge is 0.198 e. The molecular formula is C15H13N3O2. The van der Waals surface area contributed by atoms with Crippen LogP contribution in [0.5, 0.6) is 5.75 Å². The molecule has 0 aliphatic rings. The Morgan fingerprint density at radius 1 is 1.30 bits per heavy atom. The summed E-state index contributed by atoms with van der Waals surface area (Å²) in [6, 6.07) is 7.31. The van der Waals surface area contributed by atoms with Crippen LogP contribution in [0.4, 0.5) is 0 Å². The van der Waals surface area contributed by atoms with E-state index < -0.39 is 0 Å². The maximum Gasteiger partial charge on any atom is 0.198 e. The molecule has 0 spiro atoms. The second kappa shape index (κ2) is 5.13. The van der Waals surface area contributed by atoms with E-state index in [2.05, 4.69) is 10.1 Å². The lowest BCUT2D eigenvalue weighted by Gasteiger charge is -2.04. The zero-order chi connectivity index (χ0) is 13.9. The van der Waals surface area contributed by atoms with Crippen molar-refractivity contribution in [1.29, 1.82) is 0 Å². The van der Waals surface area contributed by atoms with E-state index in [0.29, 0.717) is 23.5 Å². The molecule has 0 bridgehead atoms. The second-order valence-electron chi connectivity index (χ2n) is 4.26. The Balaban J connectivity index is 2.02. The first-order valence-electron chi connectivity index (χ1n) is 6.34. The number of fused-ring (bicyclic) bond motifs is 1. The van der Waals surface area contributed by atoms with E-state index in [9.17, 15) is 4.79 Å². The molecule has 3 aromatic rings. The lowest BCUT2D eigenvalue weighted by molar-refractivity contribution is 0.103. The van der Waals surface area contributed by atoms with E-state index in [1.807, 2.05) is 25.1 Å². The van der Waals surface area contributed by atoms with Crippen molar-refractivity contribution in [2.75, 3.05) is 6.61 Å². The van der Waals surface area contributed by atoms with Gasteiger partial charge < -0.3 is 4.74 Å². The Morgan fingerprint density at radius 2 is 2.20 bits per heavy atom. The standard InChI is InChI=1S/C15H13N3O2/c1-2-20-12-7-11(8-16-9-12)15(19)13-10-17-18-6-4-3-5-14(13)18/h3-10H,2H2,1H3. The Bertz CT molecular complexity index is 764. The van der Waals surface area contributed by atoms with Gasteiger partial charge >= 0.3 is 0 Å². The molecule has 0 radical (unpaired) electrons. The van der Waals surface area contributed by atoms with Crippen molar-refractivity contribution in [3.8, 4) is 5.75 Å². The van der Waals surface area contributed by atoms with Gasteiger partial charge in [0.15, 0.2) is 5.78 Å². The fourth-order valence-electron chi connectivity index (χ4n) is 2.05. The average Bonchev–Trinajstić information content (AvgIpc) is 2.91. The van der Waals surface area contributed by atoms with Crippen LogP contribution in [-0.2, 0) is 0 Å². The topological polar surface area (TPSA) is 56.5 Å². The molecule has 3 heterocycles. The number of carbonyl (C=O) groups is 1. The molecule has 0 amide bonds. The Kier molecular flexibility index (Phi) is 3.16. The van der Waals surface area contributed by atoms with Crippen molar-refractivity contribution in [1.82, 2.24) is 14.6 Å². The third-order valence-electron chi connectivity index (χ3n) is 2.96. The fourth-order valence-corrected chi connectivity index (χ4v) is 2.05. The van der Waals surface area contributed by atoms with Gasteiger partial charge in [-0.25, -0.2) is 4.52 Å². The highest BCUT2D eigenvalue weighted by atomic mass is 16.5. The van der Waals surface area contributed by atoms with Gasteiger partial charge in [-0.1, -0.05) is 6.07 Å². The van der Waals surface area contributed by atoms with Crippen molar-refractivity contribution in [2.24, 2.45) is 0 Å². The number of nitrogens with zero attached hydrogens (tertiary/aromatic N) is 3. The molecule has 0 aromatic carbocycles. The van der Waals surface area contributed by atoms with E-state index in [4.69, 9.17) is 4.74 Å². The monoisotopic (exact) mass is 267 g/mol. The molecule has 0 aliphatic heterocycles. The van der Waals surface area contributed by atoms with E-state index in [-0.39, 0.29) is 5.78 Å². The van der Waals surface area contributed by atoms with Gasteiger partial charge in [0.25, 0.3) is 0 Å². The van der Waals surface area contributed by atoms with Crippen LogP contribution >= 0.6 is 0 Å². The first-order valence-corrected chi connectivity index (χ1v) is 6.34. The van der Waals surface area contributed by atoms with Crippen molar-refractivity contribution in [3.63, 3.8) is 0 Å². The molecule has 5 heteroatoms. The summed E-state index contributed by atoms with van der Waals surface area (Å²) < 4.78 is 7.04. The number of hydrogen-bond donors (Lipinski definition) is 0. The molecule has 0 fully saturated rings. The minimum absolute atomic E-state index is 0.111. The van der Waals surface area contributed by atoms with Crippen LogP contribution in [0.3, 0.4) is 0 Å². The first kappa shape index (κ1) is 12.3. The summed E-state index contributed by atoms with van der Waals surface area (Å²) in [4.78, 5) is 16.6. The molecule has 0 atom stereocenters. The molecular weight excluding hydrogens is 254 g/mol. The Labute approximate surface area is 115 Å². The molecule has 0 N–H and O–H groups in total. The molecule has 3 rings (SSSR count). The van der Waals surface area contributed by atoms with Gasteiger partial charge in [-0.05, 0) is 25.1 Å². The zero-order valence-corrected chi connectivity index (χ0v) is 11.0. The Hall–Kier alpha value is -2.69. The van der Waals surface area contributed by atoms with Crippen molar-refractivity contribution in [2.45, 2.75) is 6.92 Å². The maximum absolute atomic E-state index is 12.5. The normalized spacial score (nSPS) is 10.7. The van der Waals surface area contributed by atoms with Crippen LogP contribution in [0.15, 0.2) is 49.1 Å². The third kappa shape index (κ3) is 2.14. The molecule has 3 aromatic heterocycles. The van der Waals surface area contributed by atoms with Crippen LogP contribution < -0.4 is 4.74 Å². The highest BCUT2D eigenvalue weighted by Gasteiger charge is 2.15. The summed E-state index contributed by atoms with van der Waals surface area (Å²) >= 11 is 0. The van der Waals surface area contributed by atoms with E-state index in [1.165, 1.54) is 6.20 Å². The van der Waals surface area contributed by atoms with E-state index in [0.717, 1.165) is 5.52 Å². The van der Waals surface area contributed by atoms with Gasteiger partial charge in [0.05, 0.1) is 30.1 Å². The number of aromatic nitrogens is 3. The highest BCUT2D eigenvalue weighted by Crippen LogP contribution is 2.18. The number of hydrogen-bond acceptors (Lipinski definition) is 4. The van der Waals surface area contributed by atoms with Crippen LogP contribution in [-0.4, -0.2) is 27.0 Å². The quantitative estimate of drug-likeness (QED) is 0.681. The van der Waals surface area contributed by atoms with Crippen molar-refractivity contribution in [3.05, 3.63) is 60.2 Å². The zero-order valence-electron chi connectivity index (χ0n) is 11.0. The minimum atomic E-state index is -0.111. The summed E-state index contributed by atoms with van der Waals surface area (Å²) in [5.41, 5.74) is 1.83. The minimum Gasteiger partial charge on any atom is -0.492 e. The van der Waals surface area contributed by atoms with Crippen LogP contribution in [0.1, 0.15) is 22.8 Å². The summed E-state index contributed by atoms with van der Waals surface area (Å²) in [6.07, 6.45) is 6.51. The third-order valence-corrected chi connectivity index (χ3v) is 2.96.